The Kier molecular flexibility index (Phi) is 10.7. The maximum absolute atomic E-state index is 10.9. The Labute approximate surface area is 94.1 Å². The molecule has 0 aliphatic heterocycles. The molecule has 0 aliphatic carbocycles. The minimum atomic E-state index is 0.127. The summed E-state index contributed by atoms with van der Waals surface area (Å²) in [5, 5.41) is 2.82. The van der Waals surface area contributed by atoms with Crippen molar-refractivity contribution >= 4 is 5.91 Å². The third-order valence-corrected chi connectivity index (χ3v) is 2.38. The third-order valence-electron chi connectivity index (χ3n) is 2.38. The lowest BCUT2D eigenvalue weighted by molar-refractivity contribution is -0.120. The highest BCUT2D eigenvalue weighted by molar-refractivity contribution is 5.75. The molecule has 0 spiro atoms. The van der Waals surface area contributed by atoms with Crippen molar-refractivity contribution in [3.8, 4) is 0 Å². The summed E-state index contributed by atoms with van der Waals surface area (Å²) in [6.07, 6.45) is 12.6. The van der Waals surface area contributed by atoms with Gasteiger partial charge in [0, 0.05) is 13.0 Å². The molecule has 88 valence electrons. The minimum Gasteiger partial charge on any atom is -0.353 e. The summed E-state index contributed by atoms with van der Waals surface area (Å²) in [4.78, 5) is 10.9. The maximum Gasteiger partial charge on any atom is 0.219 e. The summed E-state index contributed by atoms with van der Waals surface area (Å²) in [5.41, 5.74) is 0. The van der Waals surface area contributed by atoms with Gasteiger partial charge in [-0.3, -0.25) is 4.79 Å². The van der Waals surface area contributed by atoms with Gasteiger partial charge in [0.2, 0.25) is 5.91 Å². The summed E-state index contributed by atoms with van der Waals surface area (Å²) in [7, 11) is 0. The molecule has 15 heavy (non-hydrogen) atoms. The van der Waals surface area contributed by atoms with E-state index in [1.165, 1.54) is 32.1 Å². The van der Waals surface area contributed by atoms with Gasteiger partial charge in [0.05, 0.1) is 0 Å². The molecule has 0 unspecified atom stereocenters. The van der Waals surface area contributed by atoms with Crippen LogP contribution in [-0.4, -0.2) is 12.5 Å². The number of amides is 1. The Morgan fingerprint density at radius 3 is 2.47 bits per heavy atom. The highest BCUT2D eigenvalue weighted by Crippen LogP contribution is 2.04. The first-order valence-electron chi connectivity index (χ1n) is 6.23. The lowest BCUT2D eigenvalue weighted by Gasteiger charge is -1.98. The normalized spacial score (nSPS) is 10.8. The van der Waals surface area contributed by atoms with E-state index in [9.17, 15) is 4.79 Å². The Hall–Kier alpha value is -0.790. The largest absolute Gasteiger partial charge is 0.353 e. The Morgan fingerprint density at radius 1 is 1.07 bits per heavy atom. The fourth-order valence-corrected chi connectivity index (χ4v) is 1.36. The molecule has 0 aromatic carbocycles. The molecule has 2 heteroatoms. The molecule has 0 bridgehead atoms. The van der Waals surface area contributed by atoms with Crippen LogP contribution in [0.1, 0.15) is 58.8 Å². The number of hydrogen-bond acceptors (Lipinski definition) is 1. The minimum absolute atomic E-state index is 0.127. The summed E-state index contributed by atoms with van der Waals surface area (Å²) in [5.74, 6) is 0.127. The van der Waals surface area contributed by atoms with E-state index in [0.29, 0.717) is 13.0 Å². The van der Waals surface area contributed by atoms with E-state index in [1.54, 1.807) is 0 Å². The van der Waals surface area contributed by atoms with Crippen molar-refractivity contribution in [2.75, 3.05) is 6.54 Å². The van der Waals surface area contributed by atoms with E-state index in [4.69, 9.17) is 0 Å². The maximum atomic E-state index is 10.9. The highest BCUT2D eigenvalue weighted by Gasteiger charge is 1.91. The molecule has 0 heterocycles. The van der Waals surface area contributed by atoms with E-state index in [2.05, 4.69) is 18.3 Å². The molecule has 0 rings (SSSR count). The molecule has 0 aliphatic rings. The zero-order chi connectivity index (χ0) is 11.4. The number of nitrogens with one attached hydrogen (secondary N) is 1. The van der Waals surface area contributed by atoms with Crippen molar-refractivity contribution < 1.29 is 4.79 Å². The number of allylic oxidation sites excluding steroid dienone is 1. The monoisotopic (exact) mass is 211 g/mol. The van der Waals surface area contributed by atoms with Crippen LogP contribution in [0, 0.1) is 0 Å². The zero-order valence-corrected chi connectivity index (χ0v) is 10.2. The molecule has 0 atom stereocenters. The van der Waals surface area contributed by atoms with Crippen LogP contribution in [0.25, 0.3) is 0 Å². The fourth-order valence-electron chi connectivity index (χ4n) is 1.36. The first-order chi connectivity index (χ1) is 7.31. The van der Waals surface area contributed by atoms with Crippen LogP contribution in [0.15, 0.2) is 12.2 Å². The zero-order valence-electron chi connectivity index (χ0n) is 10.2. The Balaban J connectivity index is 3.14. The van der Waals surface area contributed by atoms with E-state index < -0.39 is 0 Å². The average Bonchev–Trinajstić information content (AvgIpc) is 2.26. The summed E-state index contributed by atoms with van der Waals surface area (Å²) < 4.78 is 0. The predicted octanol–water partition coefficient (Wildman–Crippen LogP) is 3.43. The van der Waals surface area contributed by atoms with Crippen molar-refractivity contribution in [2.24, 2.45) is 0 Å². The van der Waals surface area contributed by atoms with Crippen LogP contribution in [-0.2, 0) is 4.79 Å². The molecule has 0 saturated carbocycles. The molecular formula is C13H25NO. The second-order valence-corrected chi connectivity index (χ2v) is 3.83. The van der Waals surface area contributed by atoms with Crippen molar-refractivity contribution in [3.05, 3.63) is 12.2 Å². The van der Waals surface area contributed by atoms with Gasteiger partial charge in [-0.2, -0.15) is 0 Å². The van der Waals surface area contributed by atoms with E-state index >= 15 is 0 Å². The standard InChI is InChI=1S/C13H25NO/c1-3-5-6-7-8-9-10-11-12-14-13(15)4-2/h10-11H,3-9,12H2,1-2H3,(H,14,15). The van der Waals surface area contributed by atoms with Crippen molar-refractivity contribution in [3.63, 3.8) is 0 Å². The molecule has 0 aromatic rings. The highest BCUT2D eigenvalue weighted by atomic mass is 16.1. The molecule has 2 nitrogen and oxygen atoms in total. The van der Waals surface area contributed by atoms with Gasteiger partial charge in [-0.1, -0.05) is 51.7 Å². The number of carbonyl (C=O) groups is 1. The average molecular weight is 211 g/mol. The van der Waals surface area contributed by atoms with Crippen LogP contribution >= 0.6 is 0 Å². The molecule has 1 amide bonds. The van der Waals surface area contributed by atoms with Crippen LogP contribution in [0.4, 0.5) is 0 Å². The van der Waals surface area contributed by atoms with Crippen LogP contribution in [0.3, 0.4) is 0 Å². The summed E-state index contributed by atoms with van der Waals surface area (Å²) >= 11 is 0. The quantitative estimate of drug-likeness (QED) is 0.459. The van der Waals surface area contributed by atoms with Gasteiger partial charge in [-0.15, -0.1) is 0 Å². The molecule has 0 radical (unpaired) electrons. The van der Waals surface area contributed by atoms with Crippen LogP contribution in [0.5, 0.6) is 0 Å². The fraction of sp³-hybridized carbons (Fsp3) is 0.769. The SMILES string of the molecule is CCCCCCCC=CCNC(=O)CC. The lowest BCUT2D eigenvalue weighted by atomic mass is 10.1. The van der Waals surface area contributed by atoms with E-state index in [-0.39, 0.29) is 5.91 Å². The topological polar surface area (TPSA) is 29.1 Å². The molecule has 0 saturated heterocycles. The number of hydrogen-bond donors (Lipinski definition) is 1. The van der Waals surface area contributed by atoms with Crippen molar-refractivity contribution in [1.82, 2.24) is 5.32 Å². The summed E-state index contributed by atoms with van der Waals surface area (Å²) in [6.45, 7) is 4.78. The van der Waals surface area contributed by atoms with Crippen molar-refractivity contribution in [1.29, 1.82) is 0 Å². The first-order valence-corrected chi connectivity index (χ1v) is 6.23. The molecule has 0 fully saturated rings. The predicted molar refractivity (Wildman–Crippen MR) is 65.8 cm³/mol. The van der Waals surface area contributed by atoms with Gasteiger partial charge in [0.25, 0.3) is 0 Å². The van der Waals surface area contributed by atoms with Crippen LogP contribution in [0.2, 0.25) is 0 Å². The second-order valence-electron chi connectivity index (χ2n) is 3.83. The summed E-state index contributed by atoms with van der Waals surface area (Å²) in [6, 6.07) is 0. The van der Waals surface area contributed by atoms with Gasteiger partial charge in [0.15, 0.2) is 0 Å². The van der Waals surface area contributed by atoms with Gasteiger partial charge >= 0.3 is 0 Å². The molecule has 0 aromatic heterocycles. The van der Waals surface area contributed by atoms with E-state index in [1.807, 2.05) is 13.0 Å². The number of rotatable bonds is 9. The van der Waals surface area contributed by atoms with Gasteiger partial charge in [-0.05, 0) is 12.8 Å². The number of carbonyl (C=O) groups excluding carboxylic acids is 1. The van der Waals surface area contributed by atoms with Crippen LogP contribution < -0.4 is 5.32 Å². The molecular weight excluding hydrogens is 186 g/mol. The van der Waals surface area contributed by atoms with Gasteiger partial charge < -0.3 is 5.32 Å². The number of unbranched alkanes of at least 4 members (excludes halogenated alkanes) is 5. The molecule has 1 N–H and O–H groups in total. The van der Waals surface area contributed by atoms with E-state index in [0.717, 1.165) is 6.42 Å². The second kappa shape index (κ2) is 11.3. The smallest absolute Gasteiger partial charge is 0.219 e. The first kappa shape index (κ1) is 14.2. The van der Waals surface area contributed by atoms with Gasteiger partial charge in [-0.25, -0.2) is 0 Å². The Morgan fingerprint density at radius 2 is 1.80 bits per heavy atom. The van der Waals surface area contributed by atoms with Gasteiger partial charge in [0.1, 0.15) is 0 Å². The van der Waals surface area contributed by atoms with Crippen molar-refractivity contribution in [2.45, 2.75) is 58.8 Å². The Bertz CT molecular complexity index is 175. The lowest BCUT2D eigenvalue weighted by Crippen LogP contribution is -2.21. The third kappa shape index (κ3) is 11.1.